The Morgan fingerprint density at radius 2 is 2.00 bits per heavy atom. The van der Waals surface area contributed by atoms with Crippen molar-refractivity contribution in [2.24, 2.45) is 0 Å². The fourth-order valence-corrected chi connectivity index (χ4v) is 1.84. The van der Waals surface area contributed by atoms with E-state index in [4.69, 9.17) is 5.11 Å². The standard InChI is InChI=1S/C16H21FN2O2/c1-18(2)9-5-10-19(3)16(21)14-12-13(6-4-11-20)7-8-15(14)17/h7-8,12,20H,5,9-11H2,1-3H3. The average Bonchev–Trinajstić information content (AvgIpc) is 2.45. The molecule has 0 heterocycles. The second-order valence-corrected chi connectivity index (χ2v) is 5.04. The van der Waals surface area contributed by atoms with Gasteiger partial charge in [-0.05, 0) is 45.3 Å². The van der Waals surface area contributed by atoms with Gasteiger partial charge in [-0.15, -0.1) is 0 Å². The molecule has 1 N–H and O–H groups in total. The van der Waals surface area contributed by atoms with Crippen LogP contribution in [0.4, 0.5) is 4.39 Å². The van der Waals surface area contributed by atoms with Crippen molar-refractivity contribution in [1.82, 2.24) is 9.80 Å². The monoisotopic (exact) mass is 292 g/mol. The molecule has 0 spiro atoms. The summed E-state index contributed by atoms with van der Waals surface area (Å²) in [6.07, 6.45) is 0.820. The summed E-state index contributed by atoms with van der Waals surface area (Å²) in [6.45, 7) is 1.15. The van der Waals surface area contributed by atoms with Crippen molar-refractivity contribution in [3.63, 3.8) is 0 Å². The fourth-order valence-electron chi connectivity index (χ4n) is 1.84. The first-order valence-corrected chi connectivity index (χ1v) is 6.75. The lowest BCUT2D eigenvalue weighted by atomic mass is 10.1. The van der Waals surface area contributed by atoms with Gasteiger partial charge in [0.2, 0.25) is 0 Å². The van der Waals surface area contributed by atoms with Crippen LogP contribution in [0.3, 0.4) is 0 Å². The summed E-state index contributed by atoms with van der Waals surface area (Å²) in [5.74, 6) is 4.23. The molecule has 0 unspecified atom stereocenters. The number of rotatable bonds is 5. The summed E-state index contributed by atoms with van der Waals surface area (Å²) in [4.78, 5) is 15.8. The molecule has 1 aromatic rings. The van der Waals surface area contributed by atoms with Crippen LogP contribution in [0.2, 0.25) is 0 Å². The molecule has 4 nitrogen and oxygen atoms in total. The average molecular weight is 292 g/mol. The second-order valence-electron chi connectivity index (χ2n) is 5.04. The summed E-state index contributed by atoms with van der Waals surface area (Å²) in [5.41, 5.74) is 0.516. The molecule has 0 aliphatic rings. The predicted octanol–water partition coefficient (Wildman–Crippen LogP) is 1.19. The molecule has 1 rings (SSSR count). The van der Waals surface area contributed by atoms with Gasteiger partial charge in [0.25, 0.3) is 5.91 Å². The lowest BCUT2D eigenvalue weighted by Gasteiger charge is -2.19. The molecular weight excluding hydrogens is 271 g/mol. The molecule has 114 valence electrons. The van der Waals surface area contributed by atoms with Crippen molar-refractivity contribution < 1.29 is 14.3 Å². The van der Waals surface area contributed by atoms with E-state index in [0.717, 1.165) is 13.0 Å². The Balaban J connectivity index is 2.80. The molecule has 0 radical (unpaired) electrons. The third-order valence-corrected chi connectivity index (χ3v) is 2.95. The number of carbonyl (C=O) groups is 1. The van der Waals surface area contributed by atoms with Crippen LogP contribution in [0.15, 0.2) is 18.2 Å². The first kappa shape index (κ1) is 17.2. The molecule has 0 aliphatic heterocycles. The van der Waals surface area contributed by atoms with E-state index in [0.29, 0.717) is 12.1 Å². The molecule has 0 saturated heterocycles. The van der Waals surface area contributed by atoms with Crippen LogP contribution >= 0.6 is 0 Å². The van der Waals surface area contributed by atoms with E-state index in [1.807, 2.05) is 19.0 Å². The van der Waals surface area contributed by atoms with Gasteiger partial charge in [0.1, 0.15) is 12.4 Å². The van der Waals surface area contributed by atoms with Gasteiger partial charge in [-0.3, -0.25) is 4.79 Å². The molecule has 5 heteroatoms. The van der Waals surface area contributed by atoms with Crippen LogP contribution in [0, 0.1) is 17.7 Å². The zero-order chi connectivity index (χ0) is 15.8. The van der Waals surface area contributed by atoms with Crippen molar-refractivity contribution in [2.75, 3.05) is 40.8 Å². The van der Waals surface area contributed by atoms with Gasteiger partial charge in [-0.1, -0.05) is 11.8 Å². The molecule has 0 atom stereocenters. The highest BCUT2D eigenvalue weighted by Crippen LogP contribution is 2.12. The summed E-state index contributed by atoms with van der Waals surface area (Å²) < 4.78 is 13.8. The van der Waals surface area contributed by atoms with Gasteiger partial charge in [0.15, 0.2) is 0 Å². The highest BCUT2D eigenvalue weighted by Gasteiger charge is 2.16. The highest BCUT2D eigenvalue weighted by atomic mass is 19.1. The maximum Gasteiger partial charge on any atom is 0.256 e. The van der Waals surface area contributed by atoms with Crippen molar-refractivity contribution in [2.45, 2.75) is 6.42 Å². The van der Waals surface area contributed by atoms with E-state index in [1.54, 1.807) is 7.05 Å². The van der Waals surface area contributed by atoms with E-state index in [-0.39, 0.29) is 18.1 Å². The maximum absolute atomic E-state index is 13.8. The van der Waals surface area contributed by atoms with Crippen LogP contribution in [-0.2, 0) is 0 Å². The zero-order valence-corrected chi connectivity index (χ0v) is 12.7. The van der Waals surface area contributed by atoms with Crippen LogP contribution < -0.4 is 0 Å². The first-order valence-electron chi connectivity index (χ1n) is 6.75. The van der Waals surface area contributed by atoms with Gasteiger partial charge < -0.3 is 14.9 Å². The number of halogens is 1. The number of aliphatic hydroxyl groups is 1. The van der Waals surface area contributed by atoms with Crippen molar-refractivity contribution >= 4 is 5.91 Å². The van der Waals surface area contributed by atoms with E-state index in [1.165, 1.54) is 23.1 Å². The van der Waals surface area contributed by atoms with Gasteiger partial charge in [0.05, 0.1) is 5.56 Å². The minimum absolute atomic E-state index is 0.00657. The summed E-state index contributed by atoms with van der Waals surface area (Å²) in [7, 11) is 5.58. The summed E-state index contributed by atoms with van der Waals surface area (Å²) in [6, 6.07) is 4.13. The van der Waals surface area contributed by atoms with Crippen LogP contribution in [0.5, 0.6) is 0 Å². The lowest BCUT2D eigenvalue weighted by Crippen LogP contribution is -2.30. The Hall–Kier alpha value is -1.90. The summed E-state index contributed by atoms with van der Waals surface area (Å²) >= 11 is 0. The van der Waals surface area contributed by atoms with Gasteiger partial charge in [0, 0.05) is 19.2 Å². The van der Waals surface area contributed by atoms with E-state index in [2.05, 4.69) is 11.8 Å². The molecule has 1 amide bonds. The van der Waals surface area contributed by atoms with E-state index >= 15 is 0 Å². The number of aliphatic hydroxyl groups excluding tert-OH is 1. The zero-order valence-electron chi connectivity index (χ0n) is 12.7. The fraction of sp³-hybridized carbons (Fsp3) is 0.438. The molecule has 0 aromatic heterocycles. The highest BCUT2D eigenvalue weighted by molar-refractivity contribution is 5.94. The van der Waals surface area contributed by atoms with Crippen molar-refractivity contribution in [1.29, 1.82) is 0 Å². The number of benzene rings is 1. The number of carbonyl (C=O) groups excluding carboxylic acids is 1. The van der Waals surface area contributed by atoms with E-state index < -0.39 is 5.82 Å². The minimum Gasteiger partial charge on any atom is -0.384 e. The Kier molecular flexibility index (Phi) is 6.86. The molecular formula is C16H21FN2O2. The van der Waals surface area contributed by atoms with Crippen molar-refractivity contribution in [3.05, 3.63) is 35.1 Å². The predicted molar refractivity (Wildman–Crippen MR) is 80.5 cm³/mol. The largest absolute Gasteiger partial charge is 0.384 e. The number of hydrogen-bond donors (Lipinski definition) is 1. The molecule has 0 fully saturated rings. The number of nitrogens with zero attached hydrogens (tertiary/aromatic N) is 2. The van der Waals surface area contributed by atoms with Crippen LogP contribution in [0.1, 0.15) is 22.3 Å². The lowest BCUT2D eigenvalue weighted by molar-refractivity contribution is 0.0786. The quantitative estimate of drug-likeness (QED) is 0.829. The molecule has 0 saturated carbocycles. The Bertz CT molecular complexity index is 547. The Morgan fingerprint density at radius 3 is 2.62 bits per heavy atom. The second kappa shape index (κ2) is 8.40. The van der Waals surface area contributed by atoms with Crippen LogP contribution in [-0.4, -0.2) is 61.7 Å². The minimum atomic E-state index is -0.561. The SMILES string of the molecule is CN(C)CCCN(C)C(=O)c1cc(C#CCO)ccc1F. The third-order valence-electron chi connectivity index (χ3n) is 2.95. The Morgan fingerprint density at radius 1 is 1.29 bits per heavy atom. The Labute approximate surface area is 125 Å². The van der Waals surface area contributed by atoms with Gasteiger partial charge in [-0.2, -0.15) is 0 Å². The van der Waals surface area contributed by atoms with E-state index in [9.17, 15) is 9.18 Å². The molecule has 1 aromatic carbocycles. The van der Waals surface area contributed by atoms with Gasteiger partial charge >= 0.3 is 0 Å². The summed E-state index contributed by atoms with van der Waals surface area (Å²) in [5, 5.41) is 8.66. The van der Waals surface area contributed by atoms with Crippen LogP contribution in [0.25, 0.3) is 0 Å². The molecule has 21 heavy (non-hydrogen) atoms. The number of hydrogen-bond acceptors (Lipinski definition) is 3. The number of amides is 1. The molecule has 0 aliphatic carbocycles. The van der Waals surface area contributed by atoms with Gasteiger partial charge in [-0.25, -0.2) is 4.39 Å². The normalized spacial score (nSPS) is 10.2. The van der Waals surface area contributed by atoms with Crippen molar-refractivity contribution in [3.8, 4) is 11.8 Å². The molecule has 0 bridgehead atoms. The maximum atomic E-state index is 13.8. The smallest absolute Gasteiger partial charge is 0.256 e. The topological polar surface area (TPSA) is 43.8 Å². The first-order chi connectivity index (χ1) is 9.95. The third kappa shape index (κ3) is 5.54.